The van der Waals surface area contributed by atoms with E-state index in [9.17, 15) is 9.59 Å². The first kappa shape index (κ1) is 20.8. The molecular weight excluding hydrogens is 444 g/mol. The van der Waals surface area contributed by atoms with Gasteiger partial charge in [0.25, 0.3) is 11.8 Å². The van der Waals surface area contributed by atoms with Crippen LogP contribution >= 0.6 is 0 Å². The topological polar surface area (TPSA) is 115 Å². The van der Waals surface area contributed by atoms with Crippen molar-refractivity contribution in [2.45, 2.75) is 19.0 Å². The van der Waals surface area contributed by atoms with Gasteiger partial charge in [0.2, 0.25) is 5.82 Å². The Labute approximate surface area is 199 Å². The molecule has 1 atom stereocenters. The Morgan fingerprint density at radius 1 is 0.971 bits per heavy atom. The van der Waals surface area contributed by atoms with Gasteiger partial charge in [-0.05, 0) is 48.4 Å². The van der Waals surface area contributed by atoms with E-state index < -0.39 is 11.6 Å². The lowest BCUT2D eigenvalue weighted by Gasteiger charge is -2.20. The molecule has 1 fully saturated rings. The first-order chi connectivity index (χ1) is 17.0. The fourth-order valence-electron chi connectivity index (χ4n) is 4.29. The maximum absolute atomic E-state index is 12.2. The van der Waals surface area contributed by atoms with Gasteiger partial charge < -0.3 is 14.4 Å². The van der Waals surface area contributed by atoms with Crippen LogP contribution in [0.2, 0.25) is 0 Å². The summed E-state index contributed by atoms with van der Waals surface area (Å²) in [4.78, 5) is 32.8. The molecule has 6 rings (SSSR count). The summed E-state index contributed by atoms with van der Waals surface area (Å²) in [5.74, 6) is 0.456. The highest BCUT2D eigenvalue weighted by atomic mass is 16.5. The van der Waals surface area contributed by atoms with Crippen LogP contribution in [-0.4, -0.2) is 31.6 Å². The Kier molecular flexibility index (Phi) is 4.70. The highest BCUT2D eigenvalue weighted by molar-refractivity contribution is 6.07. The van der Waals surface area contributed by atoms with Gasteiger partial charge in [-0.2, -0.15) is 4.98 Å². The molecule has 0 aliphatic carbocycles. The Morgan fingerprint density at radius 2 is 1.80 bits per heavy atom. The lowest BCUT2D eigenvalue weighted by molar-refractivity contribution is -0.123. The van der Waals surface area contributed by atoms with Gasteiger partial charge in [0.1, 0.15) is 5.54 Å². The van der Waals surface area contributed by atoms with Crippen LogP contribution in [0.5, 0.6) is 0 Å². The monoisotopic (exact) mass is 464 g/mol. The van der Waals surface area contributed by atoms with Gasteiger partial charge >= 0.3 is 6.03 Å². The smallest absolute Gasteiger partial charge is 0.322 e. The summed E-state index contributed by atoms with van der Waals surface area (Å²) in [5, 5.41) is 9.08. The summed E-state index contributed by atoms with van der Waals surface area (Å²) in [6.07, 6.45) is 1.84. The van der Waals surface area contributed by atoms with Gasteiger partial charge in [0.15, 0.2) is 0 Å². The number of benzene rings is 3. The summed E-state index contributed by atoms with van der Waals surface area (Å²) < 4.78 is 7.61. The molecule has 2 aromatic heterocycles. The lowest BCUT2D eigenvalue weighted by Crippen LogP contribution is -2.40. The molecule has 35 heavy (non-hydrogen) atoms. The predicted octanol–water partition coefficient (Wildman–Crippen LogP) is 3.86. The maximum Gasteiger partial charge on any atom is 0.322 e. The number of hydrogen-bond acceptors (Lipinski definition) is 6. The molecule has 1 saturated heterocycles. The van der Waals surface area contributed by atoms with Crippen molar-refractivity contribution in [3.63, 3.8) is 0 Å². The maximum atomic E-state index is 12.2. The van der Waals surface area contributed by atoms with Crippen molar-refractivity contribution in [3.8, 4) is 22.8 Å². The fraction of sp³-hybridized carbons (Fsp3) is 0.115. The second-order valence-electron chi connectivity index (χ2n) is 8.60. The van der Waals surface area contributed by atoms with E-state index in [1.807, 2.05) is 42.7 Å². The molecule has 9 heteroatoms. The van der Waals surface area contributed by atoms with Crippen molar-refractivity contribution < 1.29 is 14.1 Å². The number of fused-ring (bicyclic) bond motifs is 1. The van der Waals surface area contributed by atoms with Crippen molar-refractivity contribution in [1.82, 2.24) is 30.3 Å². The third-order valence-electron chi connectivity index (χ3n) is 6.25. The molecular formula is C26H20N6O3. The fourth-order valence-corrected chi connectivity index (χ4v) is 4.29. The molecule has 1 aliphatic rings. The molecule has 3 heterocycles. The summed E-state index contributed by atoms with van der Waals surface area (Å²) in [7, 11) is 0. The van der Waals surface area contributed by atoms with Crippen molar-refractivity contribution in [1.29, 1.82) is 0 Å². The molecule has 9 nitrogen and oxygen atoms in total. The first-order valence-corrected chi connectivity index (χ1v) is 11.1. The Balaban J connectivity index is 1.24. The van der Waals surface area contributed by atoms with Gasteiger partial charge in [-0.3, -0.25) is 10.1 Å². The first-order valence-electron chi connectivity index (χ1n) is 11.1. The summed E-state index contributed by atoms with van der Waals surface area (Å²) in [6, 6.07) is 22.6. The van der Waals surface area contributed by atoms with Crippen molar-refractivity contribution in [2.24, 2.45) is 0 Å². The minimum atomic E-state index is -1.11. The van der Waals surface area contributed by atoms with Crippen LogP contribution in [0.3, 0.4) is 0 Å². The van der Waals surface area contributed by atoms with Crippen LogP contribution in [0.25, 0.3) is 33.9 Å². The van der Waals surface area contributed by atoms with Crippen molar-refractivity contribution >= 4 is 23.0 Å². The van der Waals surface area contributed by atoms with Crippen LogP contribution in [0.4, 0.5) is 4.79 Å². The summed E-state index contributed by atoms with van der Waals surface area (Å²) in [6.45, 7) is 2.33. The second-order valence-corrected chi connectivity index (χ2v) is 8.60. The molecule has 0 spiro atoms. The normalized spacial score (nSPS) is 17.5. The van der Waals surface area contributed by atoms with Crippen LogP contribution in [0.15, 0.2) is 83.6 Å². The summed E-state index contributed by atoms with van der Waals surface area (Å²) >= 11 is 0. The van der Waals surface area contributed by atoms with E-state index in [0.717, 1.165) is 22.2 Å². The number of nitrogens with one attached hydrogen (secondary N) is 2. The third-order valence-corrected chi connectivity index (χ3v) is 6.25. The number of para-hydroxylation sites is 2. The number of carbonyl (C=O) groups excluding carboxylic acids is 2. The van der Waals surface area contributed by atoms with E-state index in [4.69, 9.17) is 4.52 Å². The lowest BCUT2D eigenvalue weighted by atomic mass is 9.91. The minimum Gasteiger partial charge on any atom is -0.334 e. The minimum absolute atomic E-state index is 0.364. The van der Waals surface area contributed by atoms with Crippen LogP contribution in [0, 0.1) is 0 Å². The number of imide groups is 1. The van der Waals surface area contributed by atoms with Gasteiger partial charge in [-0.25, -0.2) is 9.78 Å². The van der Waals surface area contributed by atoms with Gasteiger partial charge in [0.05, 0.1) is 17.4 Å². The Morgan fingerprint density at radius 3 is 2.60 bits per heavy atom. The number of rotatable bonds is 5. The highest BCUT2D eigenvalue weighted by Crippen LogP contribution is 2.28. The third kappa shape index (κ3) is 3.63. The number of urea groups is 1. The van der Waals surface area contributed by atoms with Crippen LogP contribution < -0.4 is 10.6 Å². The Bertz CT molecular complexity index is 1590. The molecule has 3 amide bonds. The molecule has 172 valence electrons. The molecule has 0 bridgehead atoms. The van der Waals surface area contributed by atoms with Crippen LogP contribution in [0.1, 0.15) is 18.1 Å². The molecule has 1 unspecified atom stereocenters. The molecule has 2 N–H and O–H groups in total. The molecule has 5 aromatic rings. The number of carbonyl (C=O) groups is 2. The van der Waals surface area contributed by atoms with E-state index in [-0.39, 0.29) is 5.91 Å². The largest absolute Gasteiger partial charge is 0.334 e. The zero-order valence-electron chi connectivity index (χ0n) is 18.7. The molecule has 3 aromatic carbocycles. The molecule has 0 radical (unpaired) electrons. The van der Waals surface area contributed by atoms with E-state index in [2.05, 4.69) is 42.5 Å². The van der Waals surface area contributed by atoms with E-state index in [1.54, 1.807) is 31.2 Å². The summed E-state index contributed by atoms with van der Waals surface area (Å²) in [5.41, 5.74) is 4.22. The average Bonchev–Trinajstić information content (AvgIpc) is 3.58. The molecule has 0 saturated carbocycles. The quantitative estimate of drug-likeness (QED) is 0.382. The molecule has 1 aliphatic heterocycles. The standard InChI is InChI=1S/C26H20N6O3/c1-26(24(33)29-25(34)30-26)19-11-9-17(10-12-19)23-28-22(31-35-23)18-6-4-5-16(13-18)14-32-15-27-20-7-2-3-8-21(20)32/h2-13,15H,14H2,1H3,(H2,29,30,33,34). The zero-order valence-corrected chi connectivity index (χ0v) is 18.7. The number of hydrogen-bond donors (Lipinski definition) is 2. The number of aromatic nitrogens is 4. The van der Waals surface area contributed by atoms with Crippen molar-refractivity contribution in [2.75, 3.05) is 0 Å². The predicted molar refractivity (Wildman–Crippen MR) is 128 cm³/mol. The Hall–Kier alpha value is -4.79. The van der Waals surface area contributed by atoms with E-state index in [1.165, 1.54) is 0 Å². The second kappa shape index (κ2) is 7.91. The van der Waals surface area contributed by atoms with Gasteiger partial charge in [0, 0.05) is 17.7 Å². The van der Waals surface area contributed by atoms with E-state index in [0.29, 0.717) is 29.4 Å². The van der Waals surface area contributed by atoms with Gasteiger partial charge in [-0.1, -0.05) is 47.6 Å². The number of amides is 3. The highest BCUT2D eigenvalue weighted by Gasteiger charge is 2.43. The van der Waals surface area contributed by atoms with Crippen LogP contribution in [-0.2, 0) is 16.9 Å². The van der Waals surface area contributed by atoms with Crippen molar-refractivity contribution in [3.05, 3.63) is 90.3 Å². The van der Waals surface area contributed by atoms with Gasteiger partial charge in [-0.15, -0.1) is 0 Å². The number of imidazole rings is 1. The van der Waals surface area contributed by atoms with E-state index >= 15 is 0 Å². The average molecular weight is 464 g/mol. The number of nitrogens with zero attached hydrogens (tertiary/aromatic N) is 4. The SMILES string of the molecule is CC1(c2ccc(-c3nc(-c4cccc(Cn5cnc6ccccc65)c4)no3)cc2)NC(=O)NC1=O. The zero-order chi connectivity index (χ0) is 24.0.